The Bertz CT molecular complexity index is 391. The number of carbonyl (C=O) groups is 1. The van der Waals surface area contributed by atoms with Crippen molar-refractivity contribution in [3.63, 3.8) is 0 Å². The summed E-state index contributed by atoms with van der Waals surface area (Å²) >= 11 is 0. The van der Waals surface area contributed by atoms with Crippen molar-refractivity contribution in [2.24, 2.45) is 0 Å². The molecule has 1 aromatic rings. The van der Waals surface area contributed by atoms with Crippen LogP contribution in [-0.4, -0.2) is 37.1 Å². The highest BCUT2D eigenvalue weighted by Crippen LogP contribution is 2.08. The summed E-state index contributed by atoms with van der Waals surface area (Å²) < 4.78 is 21.9. The molecule has 0 spiro atoms. The lowest BCUT2D eigenvalue weighted by atomic mass is 10.3. The Morgan fingerprint density at radius 2 is 2.00 bits per heavy atom. The molecule has 0 bridgehead atoms. The summed E-state index contributed by atoms with van der Waals surface area (Å²) in [6.07, 6.45) is -0.971. The quantitative estimate of drug-likeness (QED) is 0.591. The van der Waals surface area contributed by atoms with Gasteiger partial charge in [0.1, 0.15) is 31.7 Å². The molecule has 0 aromatic heterocycles. The predicted octanol–water partition coefficient (Wildman–Crippen LogP) is 1.50. The van der Waals surface area contributed by atoms with Gasteiger partial charge in [-0.25, -0.2) is 9.18 Å². The number of carbonyl (C=O) groups excluding carboxylic acids is 1. The van der Waals surface area contributed by atoms with E-state index in [4.69, 9.17) is 4.74 Å². The third kappa shape index (κ3) is 4.97. The number of rotatable bonds is 7. The SMILES string of the molecule is C=C(CF)C(=O)OCC(O)COc1ccccc1. The monoisotopic (exact) mass is 254 g/mol. The van der Waals surface area contributed by atoms with Crippen LogP contribution in [0.4, 0.5) is 4.39 Å². The Morgan fingerprint density at radius 1 is 1.33 bits per heavy atom. The Kier molecular flexibility index (Phi) is 5.87. The Labute approximate surface area is 105 Å². The molecule has 18 heavy (non-hydrogen) atoms. The van der Waals surface area contributed by atoms with E-state index in [1.165, 1.54) is 0 Å². The highest BCUT2D eigenvalue weighted by Gasteiger charge is 2.12. The van der Waals surface area contributed by atoms with Crippen molar-refractivity contribution in [1.29, 1.82) is 0 Å². The van der Waals surface area contributed by atoms with Gasteiger partial charge in [-0.2, -0.15) is 0 Å². The van der Waals surface area contributed by atoms with Crippen LogP contribution >= 0.6 is 0 Å². The van der Waals surface area contributed by atoms with E-state index in [1.54, 1.807) is 24.3 Å². The molecule has 0 saturated heterocycles. The first-order valence-corrected chi connectivity index (χ1v) is 5.40. The van der Waals surface area contributed by atoms with Crippen molar-refractivity contribution in [1.82, 2.24) is 0 Å². The van der Waals surface area contributed by atoms with E-state index in [1.807, 2.05) is 6.07 Å². The first-order valence-electron chi connectivity index (χ1n) is 5.40. The number of hydrogen-bond donors (Lipinski definition) is 1. The third-order valence-electron chi connectivity index (χ3n) is 2.04. The molecular weight excluding hydrogens is 239 g/mol. The van der Waals surface area contributed by atoms with Crippen LogP contribution in [0.2, 0.25) is 0 Å². The van der Waals surface area contributed by atoms with Crippen LogP contribution in [0.5, 0.6) is 5.75 Å². The second-order valence-corrected chi connectivity index (χ2v) is 3.61. The van der Waals surface area contributed by atoms with Gasteiger partial charge in [0, 0.05) is 0 Å². The van der Waals surface area contributed by atoms with Gasteiger partial charge >= 0.3 is 5.97 Å². The molecule has 4 nitrogen and oxygen atoms in total. The van der Waals surface area contributed by atoms with Crippen molar-refractivity contribution in [2.45, 2.75) is 6.10 Å². The minimum Gasteiger partial charge on any atom is -0.491 e. The molecule has 0 aliphatic carbocycles. The van der Waals surface area contributed by atoms with Crippen LogP contribution in [-0.2, 0) is 9.53 Å². The molecule has 1 atom stereocenters. The molecule has 1 N–H and O–H groups in total. The van der Waals surface area contributed by atoms with Crippen molar-refractivity contribution < 1.29 is 23.8 Å². The van der Waals surface area contributed by atoms with Crippen LogP contribution in [0.15, 0.2) is 42.5 Å². The Balaban J connectivity index is 2.24. The average molecular weight is 254 g/mol. The fourth-order valence-corrected chi connectivity index (χ4v) is 1.09. The lowest BCUT2D eigenvalue weighted by Crippen LogP contribution is -2.25. The predicted molar refractivity (Wildman–Crippen MR) is 64.0 cm³/mol. The molecule has 0 fully saturated rings. The number of hydrogen-bond acceptors (Lipinski definition) is 4. The second-order valence-electron chi connectivity index (χ2n) is 3.61. The Hall–Kier alpha value is -1.88. The first-order chi connectivity index (χ1) is 8.63. The standard InChI is InChI=1S/C13H15FO4/c1-10(7-14)13(16)18-9-11(15)8-17-12-5-3-2-4-6-12/h2-6,11,15H,1,7-9H2. The van der Waals surface area contributed by atoms with Gasteiger partial charge in [-0.15, -0.1) is 0 Å². The van der Waals surface area contributed by atoms with E-state index >= 15 is 0 Å². The van der Waals surface area contributed by atoms with Crippen LogP contribution in [0.25, 0.3) is 0 Å². The van der Waals surface area contributed by atoms with Crippen LogP contribution < -0.4 is 4.74 Å². The van der Waals surface area contributed by atoms with Gasteiger partial charge in [0.05, 0.1) is 5.57 Å². The van der Waals surface area contributed by atoms with E-state index in [-0.39, 0.29) is 18.8 Å². The summed E-state index contributed by atoms with van der Waals surface area (Å²) in [5.74, 6) is -0.243. The number of aliphatic hydroxyl groups excluding tert-OH is 1. The molecule has 1 rings (SSSR count). The van der Waals surface area contributed by atoms with Gasteiger partial charge in [0.15, 0.2) is 0 Å². The minimum absolute atomic E-state index is 0.0145. The normalized spacial score (nSPS) is 11.7. The summed E-state index contributed by atoms with van der Waals surface area (Å²) in [6, 6.07) is 8.92. The lowest BCUT2D eigenvalue weighted by molar-refractivity contribution is -0.142. The molecule has 0 aliphatic rings. The van der Waals surface area contributed by atoms with E-state index in [2.05, 4.69) is 11.3 Å². The van der Waals surface area contributed by atoms with Gasteiger partial charge in [-0.05, 0) is 12.1 Å². The molecule has 0 aliphatic heterocycles. The van der Waals surface area contributed by atoms with Gasteiger partial charge in [0.25, 0.3) is 0 Å². The van der Waals surface area contributed by atoms with Crippen molar-refractivity contribution >= 4 is 5.97 Å². The zero-order valence-electron chi connectivity index (χ0n) is 9.84. The summed E-state index contributed by atoms with van der Waals surface area (Å²) in [5, 5.41) is 9.49. The lowest BCUT2D eigenvalue weighted by Gasteiger charge is -2.12. The minimum atomic E-state index is -0.971. The van der Waals surface area contributed by atoms with Crippen molar-refractivity contribution in [3.05, 3.63) is 42.5 Å². The second kappa shape index (κ2) is 7.45. The topological polar surface area (TPSA) is 55.8 Å². The fraction of sp³-hybridized carbons (Fsp3) is 0.308. The molecule has 5 heteroatoms. The van der Waals surface area contributed by atoms with E-state index in [0.29, 0.717) is 5.75 Å². The fourth-order valence-electron chi connectivity index (χ4n) is 1.09. The largest absolute Gasteiger partial charge is 0.491 e. The zero-order valence-corrected chi connectivity index (χ0v) is 9.84. The third-order valence-corrected chi connectivity index (χ3v) is 2.04. The molecule has 0 radical (unpaired) electrons. The molecule has 1 aromatic carbocycles. The van der Waals surface area contributed by atoms with Crippen molar-refractivity contribution in [3.8, 4) is 5.75 Å². The van der Waals surface area contributed by atoms with Crippen LogP contribution in [0.1, 0.15) is 0 Å². The number of esters is 1. The molecule has 1 unspecified atom stereocenters. The number of halogens is 1. The highest BCUT2D eigenvalue weighted by molar-refractivity contribution is 5.87. The number of ether oxygens (including phenoxy) is 2. The van der Waals surface area contributed by atoms with Gasteiger partial charge < -0.3 is 14.6 Å². The Morgan fingerprint density at radius 3 is 2.61 bits per heavy atom. The number of para-hydroxylation sites is 1. The van der Waals surface area contributed by atoms with Gasteiger partial charge in [0.2, 0.25) is 0 Å². The summed E-state index contributed by atoms with van der Waals surface area (Å²) in [4.78, 5) is 11.0. The average Bonchev–Trinajstić information content (AvgIpc) is 2.42. The first kappa shape index (κ1) is 14.2. The zero-order chi connectivity index (χ0) is 13.4. The molecular formula is C13H15FO4. The number of benzene rings is 1. The maximum Gasteiger partial charge on any atom is 0.336 e. The van der Waals surface area contributed by atoms with E-state index in [9.17, 15) is 14.3 Å². The number of aliphatic hydroxyl groups is 1. The van der Waals surface area contributed by atoms with Crippen molar-refractivity contribution in [2.75, 3.05) is 19.9 Å². The summed E-state index contributed by atoms with van der Waals surface area (Å²) in [6.45, 7) is 1.95. The highest BCUT2D eigenvalue weighted by atomic mass is 19.1. The number of alkyl halides is 1. The molecule has 0 heterocycles. The smallest absolute Gasteiger partial charge is 0.336 e. The summed E-state index contributed by atoms with van der Waals surface area (Å²) in [5.41, 5.74) is -0.272. The maximum absolute atomic E-state index is 12.0. The molecule has 0 saturated carbocycles. The summed E-state index contributed by atoms with van der Waals surface area (Å²) in [7, 11) is 0. The molecule has 98 valence electrons. The van der Waals surface area contributed by atoms with E-state index < -0.39 is 18.7 Å². The molecule has 0 amide bonds. The van der Waals surface area contributed by atoms with Crippen LogP contribution in [0, 0.1) is 0 Å². The van der Waals surface area contributed by atoms with Crippen LogP contribution in [0.3, 0.4) is 0 Å². The maximum atomic E-state index is 12.0. The van der Waals surface area contributed by atoms with E-state index in [0.717, 1.165) is 0 Å². The van der Waals surface area contributed by atoms with Gasteiger partial charge in [-0.1, -0.05) is 24.8 Å². The van der Waals surface area contributed by atoms with Gasteiger partial charge in [-0.3, -0.25) is 0 Å².